The van der Waals surface area contributed by atoms with Crippen LogP contribution >= 0.6 is 11.8 Å². The maximum Gasteiger partial charge on any atom is 0.336 e. The lowest BCUT2D eigenvalue weighted by atomic mass is 10.1. The first-order valence-electron chi connectivity index (χ1n) is 5.65. The molecule has 0 aliphatic carbocycles. The maximum absolute atomic E-state index is 11.6. The van der Waals surface area contributed by atoms with E-state index in [4.69, 9.17) is 5.11 Å². The van der Waals surface area contributed by atoms with Crippen molar-refractivity contribution in [3.05, 3.63) is 29.3 Å². The number of hydrogen-bond acceptors (Lipinski definition) is 3. The molecule has 0 heterocycles. The van der Waals surface area contributed by atoms with Crippen molar-refractivity contribution in [2.24, 2.45) is 0 Å². The van der Waals surface area contributed by atoms with Crippen LogP contribution in [0.4, 0.5) is 5.69 Å². The van der Waals surface area contributed by atoms with E-state index in [0.29, 0.717) is 22.3 Å². The number of rotatable bonds is 5. The summed E-state index contributed by atoms with van der Waals surface area (Å²) in [6, 6.07) is 4.88. The number of carbonyl (C=O) groups excluding carboxylic acids is 1. The van der Waals surface area contributed by atoms with E-state index in [1.807, 2.05) is 13.8 Å². The number of benzene rings is 1. The second kappa shape index (κ2) is 6.44. The summed E-state index contributed by atoms with van der Waals surface area (Å²) in [5.74, 6) is -0.734. The second-order valence-corrected chi connectivity index (χ2v) is 5.81. The minimum Gasteiger partial charge on any atom is -0.478 e. The normalized spacial score (nSPS) is 10.4. The predicted octanol–water partition coefficient (Wildman–Crippen LogP) is 2.77. The third kappa shape index (κ3) is 4.41. The van der Waals surface area contributed by atoms with Gasteiger partial charge in [-0.3, -0.25) is 4.79 Å². The van der Waals surface area contributed by atoms with Gasteiger partial charge in [0.1, 0.15) is 0 Å². The Labute approximate surface area is 111 Å². The Morgan fingerprint density at radius 3 is 2.61 bits per heavy atom. The topological polar surface area (TPSA) is 66.4 Å². The van der Waals surface area contributed by atoms with E-state index in [2.05, 4.69) is 5.32 Å². The molecule has 0 spiro atoms. The van der Waals surface area contributed by atoms with Crippen LogP contribution in [0.1, 0.15) is 29.8 Å². The molecular weight excluding hydrogens is 250 g/mol. The molecule has 0 bridgehead atoms. The van der Waals surface area contributed by atoms with Crippen molar-refractivity contribution in [2.75, 3.05) is 11.1 Å². The van der Waals surface area contributed by atoms with Crippen LogP contribution in [0.3, 0.4) is 0 Å². The summed E-state index contributed by atoms with van der Waals surface area (Å²) in [4.78, 5) is 22.6. The van der Waals surface area contributed by atoms with Crippen molar-refractivity contribution >= 4 is 29.3 Å². The average Bonchev–Trinajstić information content (AvgIpc) is 2.28. The van der Waals surface area contributed by atoms with Crippen molar-refractivity contribution in [2.45, 2.75) is 26.0 Å². The maximum atomic E-state index is 11.6. The number of carboxylic acid groups (broad SMARTS) is 1. The van der Waals surface area contributed by atoms with Gasteiger partial charge in [-0.2, -0.15) is 0 Å². The fourth-order valence-corrected chi connectivity index (χ4v) is 1.93. The number of aryl methyl sites for hydroxylation is 1. The van der Waals surface area contributed by atoms with Gasteiger partial charge in [-0.25, -0.2) is 4.79 Å². The van der Waals surface area contributed by atoms with Crippen LogP contribution in [0.15, 0.2) is 18.2 Å². The lowest BCUT2D eigenvalue weighted by Crippen LogP contribution is -2.15. The molecule has 0 atom stereocenters. The van der Waals surface area contributed by atoms with E-state index in [1.54, 1.807) is 30.8 Å². The van der Waals surface area contributed by atoms with Crippen LogP contribution in [-0.4, -0.2) is 28.0 Å². The minimum atomic E-state index is -0.986. The molecule has 2 N–H and O–H groups in total. The highest BCUT2D eigenvalue weighted by Gasteiger charge is 2.10. The van der Waals surface area contributed by atoms with E-state index in [9.17, 15) is 9.59 Å². The van der Waals surface area contributed by atoms with Gasteiger partial charge in [0, 0.05) is 5.69 Å². The van der Waals surface area contributed by atoms with Crippen LogP contribution in [0.25, 0.3) is 0 Å². The number of amides is 1. The molecule has 1 aromatic carbocycles. The van der Waals surface area contributed by atoms with Crippen molar-refractivity contribution < 1.29 is 14.7 Å². The van der Waals surface area contributed by atoms with Crippen LogP contribution in [0, 0.1) is 6.92 Å². The predicted molar refractivity (Wildman–Crippen MR) is 74.4 cm³/mol. The van der Waals surface area contributed by atoms with E-state index in [-0.39, 0.29) is 11.5 Å². The Morgan fingerprint density at radius 1 is 1.39 bits per heavy atom. The molecular formula is C13H17NO3S. The molecule has 0 fully saturated rings. The van der Waals surface area contributed by atoms with Gasteiger partial charge in [-0.05, 0) is 29.9 Å². The first kappa shape index (κ1) is 14.6. The fraction of sp³-hybridized carbons (Fsp3) is 0.385. The summed E-state index contributed by atoms with van der Waals surface area (Å²) in [6.07, 6.45) is 0. The number of hydrogen-bond donors (Lipinski definition) is 2. The van der Waals surface area contributed by atoms with Gasteiger partial charge < -0.3 is 10.4 Å². The zero-order chi connectivity index (χ0) is 13.7. The standard InChI is InChI=1S/C13H17NO3S/c1-8(2)18-7-12(15)14-10-5-4-9(3)11(6-10)13(16)17/h4-6,8H,7H2,1-3H3,(H,14,15)(H,16,17). The monoisotopic (exact) mass is 267 g/mol. The highest BCUT2D eigenvalue weighted by atomic mass is 32.2. The first-order chi connectivity index (χ1) is 8.40. The van der Waals surface area contributed by atoms with Gasteiger partial charge in [0.05, 0.1) is 11.3 Å². The quantitative estimate of drug-likeness (QED) is 0.861. The summed E-state index contributed by atoms with van der Waals surface area (Å²) >= 11 is 1.54. The fourth-order valence-electron chi connectivity index (χ4n) is 1.37. The van der Waals surface area contributed by atoms with Gasteiger partial charge in [0.25, 0.3) is 0 Å². The molecule has 0 aliphatic heterocycles. The highest BCUT2D eigenvalue weighted by molar-refractivity contribution is 8.00. The number of aromatic carboxylic acids is 1. The lowest BCUT2D eigenvalue weighted by Gasteiger charge is -2.08. The van der Waals surface area contributed by atoms with E-state index < -0.39 is 5.97 Å². The van der Waals surface area contributed by atoms with Gasteiger partial charge in [-0.15, -0.1) is 11.8 Å². The Balaban J connectivity index is 2.70. The molecule has 1 rings (SSSR count). The molecule has 18 heavy (non-hydrogen) atoms. The number of anilines is 1. The zero-order valence-electron chi connectivity index (χ0n) is 10.7. The molecule has 98 valence electrons. The smallest absolute Gasteiger partial charge is 0.336 e. The van der Waals surface area contributed by atoms with Crippen molar-refractivity contribution in [1.29, 1.82) is 0 Å². The molecule has 4 nitrogen and oxygen atoms in total. The van der Waals surface area contributed by atoms with Crippen molar-refractivity contribution in [3.8, 4) is 0 Å². The summed E-state index contributed by atoms with van der Waals surface area (Å²) in [5.41, 5.74) is 1.41. The van der Waals surface area contributed by atoms with Crippen LogP contribution in [0.5, 0.6) is 0 Å². The SMILES string of the molecule is Cc1ccc(NC(=O)CSC(C)C)cc1C(=O)O. The van der Waals surface area contributed by atoms with E-state index in [0.717, 1.165) is 0 Å². The Kier molecular flexibility index (Phi) is 5.22. The largest absolute Gasteiger partial charge is 0.478 e. The summed E-state index contributed by atoms with van der Waals surface area (Å²) in [7, 11) is 0. The first-order valence-corrected chi connectivity index (χ1v) is 6.70. The number of carbonyl (C=O) groups is 2. The molecule has 0 radical (unpaired) electrons. The number of nitrogens with one attached hydrogen (secondary N) is 1. The Morgan fingerprint density at radius 2 is 2.06 bits per heavy atom. The van der Waals surface area contributed by atoms with Crippen LogP contribution < -0.4 is 5.32 Å². The van der Waals surface area contributed by atoms with Gasteiger partial charge >= 0.3 is 5.97 Å². The Bertz CT molecular complexity index is 458. The zero-order valence-corrected chi connectivity index (χ0v) is 11.5. The molecule has 1 aromatic rings. The summed E-state index contributed by atoms with van der Waals surface area (Å²) < 4.78 is 0. The lowest BCUT2D eigenvalue weighted by molar-refractivity contribution is -0.113. The van der Waals surface area contributed by atoms with Crippen molar-refractivity contribution in [3.63, 3.8) is 0 Å². The average molecular weight is 267 g/mol. The summed E-state index contributed by atoms with van der Waals surface area (Å²) in [5, 5.41) is 12.1. The van der Waals surface area contributed by atoms with Gasteiger partial charge in [0.15, 0.2) is 0 Å². The van der Waals surface area contributed by atoms with Gasteiger partial charge in [0.2, 0.25) is 5.91 Å². The Hall–Kier alpha value is -1.49. The third-order valence-electron chi connectivity index (χ3n) is 2.30. The minimum absolute atomic E-state index is 0.117. The molecule has 0 saturated carbocycles. The van der Waals surface area contributed by atoms with Gasteiger partial charge in [-0.1, -0.05) is 19.9 Å². The summed E-state index contributed by atoms with van der Waals surface area (Å²) in [6.45, 7) is 5.77. The molecule has 0 saturated heterocycles. The molecule has 0 aliphatic rings. The van der Waals surface area contributed by atoms with E-state index >= 15 is 0 Å². The molecule has 1 amide bonds. The third-order valence-corrected chi connectivity index (χ3v) is 3.40. The van der Waals surface area contributed by atoms with Crippen LogP contribution in [-0.2, 0) is 4.79 Å². The van der Waals surface area contributed by atoms with Crippen LogP contribution in [0.2, 0.25) is 0 Å². The number of thioether (sulfide) groups is 1. The molecule has 5 heteroatoms. The van der Waals surface area contributed by atoms with Crippen molar-refractivity contribution in [1.82, 2.24) is 0 Å². The highest BCUT2D eigenvalue weighted by Crippen LogP contribution is 2.16. The molecule has 0 aromatic heterocycles. The second-order valence-electron chi connectivity index (χ2n) is 4.24. The van der Waals surface area contributed by atoms with E-state index in [1.165, 1.54) is 6.07 Å². The number of carboxylic acids is 1. The molecule has 0 unspecified atom stereocenters.